The van der Waals surface area contributed by atoms with E-state index in [0.29, 0.717) is 38.1 Å². The van der Waals surface area contributed by atoms with Crippen LogP contribution in [0.3, 0.4) is 0 Å². The number of esters is 1. The molecule has 0 saturated carbocycles. The molecule has 14 heteroatoms. The number of methoxy groups -OCH3 is 1. The Morgan fingerprint density at radius 1 is 1.12 bits per heavy atom. The highest BCUT2D eigenvalue weighted by atomic mass is 28.4. The van der Waals surface area contributed by atoms with E-state index in [0.717, 1.165) is 58.2 Å². The van der Waals surface area contributed by atoms with E-state index in [4.69, 9.17) is 33.6 Å². The monoisotopic (exact) mass is 733 g/mol. The number of carbonyl (C=O) groups excluding carboxylic acids is 1. The topological polar surface area (TPSA) is 120 Å². The van der Waals surface area contributed by atoms with Gasteiger partial charge in [-0.1, -0.05) is 26.8 Å². The number of benzene rings is 1. The summed E-state index contributed by atoms with van der Waals surface area (Å²) >= 11 is 0. The first-order valence-corrected chi connectivity index (χ1v) is 21.2. The lowest BCUT2D eigenvalue weighted by Crippen LogP contribution is -2.41. The SMILES string of the molecule is COC(=O)[C@H]1CN(C)Cc2c(c(OC(C)C)nn2CCO[Si](C)(C)C(C)(C)C)/C=C/c2nn(C3CCCCO3)c3ccc(cc23)-c2cnn(C)c2O1. The van der Waals surface area contributed by atoms with Gasteiger partial charge >= 0.3 is 5.97 Å². The molecular formula is C38H55N7O6Si. The van der Waals surface area contributed by atoms with Crippen molar-refractivity contribution in [2.75, 3.05) is 33.9 Å². The van der Waals surface area contributed by atoms with Crippen LogP contribution in [0.4, 0.5) is 0 Å². The number of hydrogen-bond acceptors (Lipinski definition) is 10. The van der Waals surface area contributed by atoms with Crippen molar-refractivity contribution in [2.24, 2.45) is 7.05 Å². The number of carbonyl (C=O) groups is 1. The molecule has 0 amide bonds. The molecule has 282 valence electrons. The Hall–Kier alpha value is -3.98. The maximum Gasteiger partial charge on any atom is 0.348 e. The average Bonchev–Trinajstić information content (AvgIpc) is 3.74. The van der Waals surface area contributed by atoms with Gasteiger partial charge in [0.05, 0.1) is 60.6 Å². The van der Waals surface area contributed by atoms with Crippen LogP contribution in [0.15, 0.2) is 24.4 Å². The third-order valence-corrected chi connectivity index (χ3v) is 14.9. The molecule has 0 radical (unpaired) electrons. The minimum Gasteiger partial charge on any atom is -0.473 e. The van der Waals surface area contributed by atoms with Crippen LogP contribution >= 0.6 is 0 Å². The second-order valence-corrected chi connectivity index (χ2v) is 20.5. The van der Waals surface area contributed by atoms with Crippen LogP contribution in [0.25, 0.3) is 34.2 Å². The molecule has 2 aliphatic rings. The molecular weight excluding hydrogens is 679 g/mol. The molecule has 1 fully saturated rings. The van der Waals surface area contributed by atoms with Crippen molar-refractivity contribution in [2.45, 2.75) is 104 Å². The number of ether oxygens (including phenoxy) is 4. The van der Waals surface area contributed by atoms with Crippen LogP contribution in [-0.4, -0.2) is 94.7 Å². The molecule has 0 aliphatic carbocycles. The molecule has 1 aromatic carbocycles. The van der Waals surface area contributed by atoms with Gasteiger partial charge in [-0.15, -0.1) is 5.10 Å². The predicted octanol–water partition coefficient (Wildman–Crippen LogP) is 6.68. The number of aromatic nitrogens is 6. The molecule has 2 bridgehead atoms. The Morgan fingerprint density at radius 3 is 2.60 bits per heavy atom. The number of likely N-dealkylation sites (N-methyl/N-ethyl adjacent to an activating group) is 1. The molecule has 2 atom stereocenters. The summed E-state index contributed by atoms with van der Waals surface area (Å²) in [6, 6.07) is 6.23. The van der Waals surface area contributed by atoms with Crippen molar-refractivity contribution in [1.82, 2.24) is 34.2 Å². The van der Waals surface area contributed by atoms with Gasteiger partial charge in [0, 0.05) is 32.1 Å². The third kappa shape index (κ3) is 7.85. The normalized spacial score (nSPS) is 19.5. The Morgan fingerprint density at radius 2 is 1.90 bits per heavy atom. The molecule has 52 heavy (non-hydrogen) atoms. The summed E-state index contributed by atoms with van der Waals surface area (Å²) in [7, 11) is 3.14. The summed E-state index contributed by atoms with van der Waals surface area (Å²) in [6.07, 6.45) is 7.71. The van der Waals surface area contributed by atoms with E-state index in [1.165, 1.54) is 7.11 Å². The second kappa shape index (κ2) is 15.2. The summed E-state index contributed by atoms with van der Waals surface area (Å²) < 4.78 is 36.6. The number of fused-ring (bicyclic) bond motifs is 4. The molecule has 5 heterocycles. The van der Waals surface area contributed by atoms with E-state index in [1.54, 1.807) is 10.9 Å². The van der Waals surface area contributed by atoms with Crippen LogP contribution in [0, 0.1) is 0 Å². The molecule has 6 rings (SSSR count). The van der Waals surface area contributed by atoms with Crippen molar-refractivity contribution in [3.05, 3.63) is 41.3 Å². The summed E-state index contributed by atoms with van der Waals surface area (Å²) in [5.41, 5.74) is 5.19. The minimum atomic E-state index is -2.00. The average molecular weight is 734 g/mol. The standard InChI is InChI=1S/C38H55N7O6Si/c1-25(2)50-35-27-15-16-30-28-21-26(14-17-31(28)45(40-30)34-13-11-12-19-48-34)29-22-39-43(7)36(29)51-33(37(46)47-8)24-42(6)23-32(27)44(41-35)18-20-49-52(9,10)38(3,4)5/h14-17,21-22,25,33-34H,11-13,18-20,23-24H2,1-10H3/b16-15+/t33-,34?/m1/s1. The number of nitrogens with zero attached hydrogens (tertiary/aromatic N) is 7. The van der Waals surface area contributed by atoms with Crippen LogP contribution in [0.5, 0.6) is 11.8 Å². The van der Waals surface area contributed by atoms with E-state index < -0.39 is 20.4 Å². The molecule has 1 saturated heterocycles. The molecule has 0 N–H and O–H groups in total. The number of hydrogen-bond donors (Lipinski definition) is 0. The quantitative estimate of drug-likeness (QED) is 0.143. The molecule has 3 aromatic heterocycles. The fourth-order valence-electron chi connectivity index (χ4n) is 6.47. The van der Waals surface area contributed by atoms with Gasteiger partial charge in [0.15, 0.2) is 14.5 Å². The molecule has 4 aromatic rings. The van der Waals surface area contributed by atoms with E-state index in [9.17, 15) is 4.79 Å². The van der Waals surface area contributed by atoms with Gasteiger partial charge in [-0.05, 0) is 88.1 Å². The van der Waals surface area contributed by atoms with Gasteiger partial charge in [0.1, 0.15) is 0 Å². The number of rotatable bonds is 8. The minimum absolute atomic E-state index is 0.0784. The third-order valence-electron chi connectivity index (χ3n) is 10.4. The van der Waals surface area contributed by atoms with E-state index in [1.807, 2.05) is 54.3 Å². The Labute approximate surface area is 307 Å². The lowest BCUT2D eigenvalue weighted by molar-refractivity contribution is -0.149. The van der Waals surface area contributed by atoms with Crippen LogP contribution in [0.1, 0.15) is 77.1 Å². The lowest BCUT2D eigenvalue weighted by Gasteiger charge is -2.36. The van der Waals surface area contributed by atoms with E-state index >= 15 is 0 Å². The zero-order valence-corrected chi connectivity index (χ0v) is 33.4. The second-order valence-electron chi connectivity index (χ2n) is 15.7. The summed E-state index contributed by atoms with van der Waals surface area (Å²) in [5, 5.41) is 15.7. The number of aryl methyl sites for hydroxylation is 1. The lowest BCUT2D eigenvalue weighted by atomic mass is 10.0. The largest absolute Gasteiger partial charge is 0.473 e. The maximum absolute atomic E-state index is 13.3. The highest BCUT2D eigenvalue weighted by Gasteiger charge is 2.37. The Balaban J connectivity index is 1.52. The van der Waals surface area contributed by atoms with Crippen molar-refractivity contribution < 1.29 is 28.2 Å². The molecule has 13 nitrogen and oxygen atoms in total. The van der Waals surface area contributed by atoms with Crippen LogP contribution in [-0.2, 0) is 38.8 Å². The molecule has 2 aliphatic heterocycles. The Bertz CT molecular complexity index is 1910. The summed E-state index contributed by atoms with van der Waals surface area (Å²) in [6.45, 7) is 17.7. The van der Waals surface area contributed by atoms with Gasteiger partial charge in [-0.3, -0.25) is 9.58 Å². The van der Waals surface area contributed by atoms with Crippen molar-refractivity contribution in [3.8, 4) is 22.9 Å². The zero-order chi connectivity index (χ0) is 37.4. The fraction of sp³-hybridized carbons (Fsp3) is 0.579. The predicted molar refractivity (Wildman–Crippen MR) is 204 cm³/mol. The van der Waals surface area contributed by atoms with Crippen molar-refractivity contribution in [1.29, 1.82) is 0 Å². The first kappa shape index (κ1) is 37.8. The first-order valence-electron chi connectivity index (χ1n) is 18.3. The smallest absolute Gasteiger partial charge is 0.348 e. The maximum atomic E-state index is 13.3. The zero-order valence-electron chi connectivity index (χ0n) is 32.4. The summed E-state index contributed by atoms with van der Waals surface area (Å²) in [5.74, 6) is 0.528. The highest BCUT2D eigenvalue weighted by molar-refractivity contribution is 6.74. The Kier molecular flexibility index (Phi) is 11.0. The van der Waals surface area contributed by atoms with Gasteiger partial charge < -0.3 is 23.4 Å². The van der Waals surface area contributed by atoms with Gasteiger partial charge in [-0.25, -0.2) is 14.2 Å². The van der Waals surface area contributed by atoms with Gasteiger partial charge in [0.2, 0.25) is 17.9 Å². The first-order chi connectivity index (χ1) is 24.7. The fourth-order valence-corrected chi connectivity index (χ4v) is 7.50. The van der Waals surface area contributed by atoms with Crippen LogP contribution < -0.4 is 9.47 Å². The van der Waals surface area contributed by atoms with Gasteiger partial charge in [0.25, 0.3) is 0 Å². The molecule has 0 spiro atoms. The van der Waals surface area contributed by atoms with Crippen LogP contribution in [0.2, 0.25) is 18.1 Å². The molecule has 1 unspecified atom stereocenters. The summed E-state index contributed by atoms with van der Waals surface area (Å²) in [4.78, 5) is 15.3. The van der Waals surface area contributed by atoms with E-state index in [-0.39, 0.29) is 23.9 Å². The van der Waals surface area contributed by atoms with Gasteiger partial charge in [-0.2, -0.15) is 10.2 Å². The van der Waals surface area contributed by atoms with E-state index in [2.05, 4.69) is 57.2 Å². The highest BCUT2D eigenvalue weighted by Crippen LogP contribution is 2.38. The van der Waals surface area contributed by atoms with Crippen molar-refractivity contribution >= 4 is 37.3 Å². The van der Waals surface area contributed by atoms with Crippen molar-refractivity contribution in [3.63, 3.8) is 0 Å².